The van der Waals surface area contributed by atoms with E-state index in [4.69, 9.17) is 16.4 Å². The third-order valence-electron chi connectivity index (χ3n) is 6.39. The van der Waals surface area contributed by atoms with Crippen molar-refractivity contribution in [3.05, 3.63) is 58.4 Å². The molecule has 29 heavy (non-hydrogen) atoms. The smallest absolute Gasteiger partial charge is 0.179 e. The van der Waals surface area contributed by atoms with Crippen LogP contribution in [0.15, 0.2) is 36.4 Å². The number of rotatable bonds is 3. The van der Waals surface area contributed by atoms with Crippen LogP contribution in [0.5, 0.6) is 0 Å². The first-order chi connectivity index (χ1) is 13.7. The molecule has 0 bridgehead atoms. The van der Waals surface area contributed by atoms with Crippen LogP contribution >= 0.6 is 11.6 Å². The van der Waals surface area contributed by atoms with Crippen molar-refractivity contribution in [3.63, 3.8) is 0 Å². The molecule has 0 spiro atoms. The second-order valence-corrected chi connectivity index (χ2v) is 8.70. The summed E-state index contributed by atoms with van der Waals surface area (Å²) in [7, 11) is 1.75. The van der Waals surface area contributed by atoms with Gasteiger partial charge in [0.25, 0.3) is 0 Å². The van der Waals surface area contributed by atoms with E-state index in [0.717, 1.165) is 11.1 Å². The summed E-state index contributed by atoms with van der Waals surface area (Å²) in [6.07, 6.45) is -0.0740. The molecule has 1 unspecified atom stereocenters. The molecule has 1 aliphatic heterocycles. The van der Waals surface area contributed by atoms with E-state index in [9.17, 15) is 14.0 Å². The average Bonchev–Trinajstić information content (AvgIpc) is 3.07. The van der Waals surface area contributed by atoms with Gasteiger partial charge >= 0.3 is 0 Å². The zero-order chi connectivity index (χ0) is 21.1. The molecule has 4 rings (SSSR count). The Morgan fingerprint density at radius 1 is 1.10 bits per heavy atom. The van der Waals surface area contributed by atoms with Crippen LogP contribution in [0, 0.1) is 11.7 Å². The number of aryl methyl sites for hydroxylation is 1. The lowest BCUT2D eigenvalue weighted by molar-refractivity contribution is -0.171. The summed E-state index contributed by atoms with van der Waals surface area (Å²) < 4.78 is 14.0. The summed E-state index contributed by atoms with van der Waals surface area (Å²) in [5.74, 6) is -2.18. The van der Waals surface area contributed by atoms with Gasteiger partial charge in [0.15, 0.2) is 17.7 Å². The van der Waals surface area contributed by atoms with Crippen LogP contribution in [0.1, 0.15) is 37.8 Å². The number of hydrogen-bond acceptors (Lipinski definition) is 4. The highest BCUT2D eigenvalue weighted by Crippen LogP contribution is 2.47. The molecule has 0 amide bonds. The predicted octanol–water partition coefficient (Wildman–Crippen LogP) is 4.58. The molecule has 0 N–H and O–H groups in total. The molecule has 0 aromatic heterocycles. The molecule has 1 saturated carbocycles. The van der Waals surface area contributed by atoms with Crippen molar-refractivity contribution in [1.82, 2.24) is 5.06 Å². The SMILES string of the molecule is CCc1ccc(-c2ccc(Cl)c(F)c2)cc1C1C(=O)[C@@H]2[C@@H](ON(C)C2(C)C)C1=O. The second-order valence-electron chi connectivity index (χ2n) is 8.29. The molecular weight excluding hydrogens is 393 g/mol. The van der Waals surface area contributed by atoms with Crippen LogP contribution in [-0.2, 0) is 20.8 Å². The third kappa shape index (κ3) is 3.03. The maximum Gasteiger partial charge on any atom is 0.179 e. The first-order valence-electron chi connectivity index (χ1n) is 9.73. The molecule has 1 saturated heterocycles. The number of ketones is 2. The molecular formula is C23H23ClFNO3. The van der Waals surface area contributed by atoms with E-state index in [-0.39, 0.29) is 16.6 Å². The van der Waals surface area contributed by atoms with Crippen molar-refractivity contribution in [2.75, 3.05) is 7.05 Å². The molecule has 2 aliphatic rings. The summed E-state index contributed by atoms with van der Waals surface area (Å²) in [4.78, 5) is 32.3. The highest BCUT2D eigenvalue weighted by molar-refractivity contribution is 6.30. The summed E-state index contributed by atoms with van der Waals surface area (Å²) >= 11 is 5.80. The van der Waals surface area contributed by atoms with Crippen LogP contribution in [0.2, 0.25) is 5.02 Å². The van der Waals surface area contributed by atoms with Gasteiger partial charge in [-0.25, -0.2) is 4.39 Å². The Balaban J connectivity index is 1.79. The molecule has 3 atom stereocenters. The number of hydrogen-bond donors (Lipinski definition) is 0. The lowest BCUT2D eigenvalue weighted by Gasteiger charge is -2.29. The molecule has 4 nitrogen and oxygen atoms in total. The van der Waals surface area contributed by atoms with E-state index in [1.807, 2.05) is 39.0 Å². The Hall–Kier alpha value is -2.08. The largest absolute Gasteiger partial charge is 0.298 e. The molecule has 2 aromatic rings. The maximum absolute atomic E-state index is 14.0. The van der Waals surface area contributed by atoms with E-state index in [1.54, 1.807) is 18.2 Å². The number of hydroxylamine groups is 2. The van der Waals surface area contributed by atoms with Gasteiger partial charge < -0.3 is 0 Å². The van der Waals surface area contributed by atoms with Crippen LogP contribution in [-0.4, -0.2) is 35.3 Å². The number of halogens is 2. The van der Waals surface area contributed by atoms with Crippen molar-refractivity contribution in [3.8, 4) is 11.1 Å². The van der Waals surface area contributed by atoms with Gasteiger partial charge in [-0.2, -0.15) is 5.06 Å². The van der Waals surface area contributed by atoms with Crippen molar-refractivity contribution >= 4 is 23.2 Å². The fourth-order valence-electron chi connectivity index (χ4n) is 4.48. The highest BCUT2D eigenvalue weighted by atomic mass is 35.5. The quantitative estimate of drug-likeness (QED) is 0.688. The zero-order valence-corrected chi connectivity index (χ0v) is 17.6. The number of nitrogens with zero attached hydrogens (tertiary/aromatic N) is 1. The lowest BCUT2D eigenvalue weighted by Crippen LogP contribution is -2.42. The van der Waals surface area contributed by atoms with E-state index in [0.29, 0.717) is 17.5 Å². The standard InChI is InChI=1S/C23H23ClFNO3/c1-5-12-6-7-13(14-8-9-16(24)17(25)11-14)10-15(12)18-20(27)19-22(21(18)28)29-26(4)23(19,2)3/h6-11,18-19,22H,5H2,1-4H3/t18?,19-,22-/m1/s1. The fourth-order valence-corrected chi connectivity index (χ4v) is 4.60. The summed E-state index contributed by atoms with van der Waals surface area (Å²) in [5.41, 5.74) is 2.44. The number of fused-ring (bicyclic) bond motifs is 1. The van der Waals surface area contributed by atoms with Crippen molar-refractivity contribution in [2.24, 2.45) is 5.92 Å². The summed E-state index contributed by atoms with van der Waals surface area (Å²) in [6.45, 7) is 5.82. The van der Waals surface area contributed by atoms with E-state index in [2.05, 4.69) is 0 Å². The Morgan fingerprint density at radius 3 is 2.38 bits per heavy atom. The first-order valence-corrected chi connectivity index (χ1v) is 10.1. The van der Waals surface area contributed by atoms with Gasteiger partial charge in [0.2, 0.25) is 0 Å². The van der Waals surface area contributed by atoms with Crippen LogP contribution in [0.25, 0.3) is 11.1 Å². The molecule has 0 radical (unpaired) electrons. The van der Waals surface area contributed by atoms with E-state index < -0.39 is 29.3 Å². The van der Waals surface area contributed by atoms with Crippen molar-refractivity contribution in [2.45, 2.75) is 44.8 Å². The molecule has 1 heterocycles. The number of carbonyl (C=O) groups excluding carboxylic acids is 2. The molecule has 2 fully saturated rings. The fraction of sp³-hybridized carbons (Fsp3) is 0.391. The number of Topliss-reactive ketones (excluding diaryl/α,β-unsaturated/α-hetero) is 2. The van der Waals surface area contributed by atoms with Crippen LogP contribution < -0.4 is 0 Å². The molecule has 152 valence electrons. The summed E-state index contributed by atoms with van der Waals surface area (Å²) in [5, 5.41) is 1.67. The minimum absolute atomic E-state index is 0.0524. The van der Waals surface area contributed by atoms with Crippen LogP contribution in [0.3, 0.4) is 0 Å². The van der Waals surface area contributed by atoms with Gasteiger partial charge in [-0.3, -0.25) is 14.4 Å². The Morgan fingerprint density at radius 2 is 1.76 bits per heavy atom. The lowest BCUT2D eigenvalue weighted by atomic mass is 9.82. The zero-order valence-electron chi connectivity index (χ0n) is 16.8. The monoisotopic (exact) mass is 415 g/mol. The van der Waals surface area contributed by atoms with Gasteiger partial charge in [0.1, 0.15) is 11.7 Å². The highest BCUT2D eigenvalue weighted by Gasteiger charge is 2.62. The third-order valence-corrected chi connectivity index (χ3v) is 6.70. The Labute approximate surface area is 174 Å². The van der Waals surface area contributed by atoms with Gasteiger partial charge in [0.05, 0.1) is 16.5 Å². The maximum atomic E-state index is 14.0. The molecule has 6 heteroatoms. The number of benzene rings is 2. The topological polar surface area (TPSA) is 46.6 Å². The summed E-state index contributed by atoms with van der Waals surface area (Å²) in [6, 6.07) is 10.2. The van der Waals surface area contributed by atoms with Gasteiger partial charge in [-0.15, -0.1) is 0 Å². The number of carbonyl (C=O) groups is 2. The van der Waals surface area contributed by atoms with Gasteiger partial charge in [-0.1, -0.05) is 36.7 Å². The Kier molecular flexibility index (Phi) is 4.88. The minimum Gasteiger partial charge on any atom is -0.298 e. The molecule has 1 aliphatic carbocycles. The average molecular weight is 416 g/mol. The second kappa shape index (κ2) is 7.01. The van der Waals surface area contributed by atoms with Crippen molar-refractivity contribution in [1.29, 1.82) is 0 Å². The van der Waals surface area contributed by atoms with E-state index in [1.165, 1.54) is 12.1 Å². The predicted molar refractivity (Wildman–Crippen MR) is 109 cm³/mol. The van der Waals surface area contributed by atoms with Gasteiger partial charge in [-0.05, 0) is 60.7 Å². The normalized spacial score (nSPS) is 26.2. The van der Waals surface area contributed by atoms with Crippen LogP contribution in [0.4, 0.5) is 4.39 Å². The minimum atomic E-state index is -0.856. The Bertz CT molecular complexity index is 1020. The van der Waals surface area contributed by atoms with E-state index >= 15 is 0 Å². The van der Waals surface area contributed by atoms with Gasteiger partial charge in [0, 0.05) is 7.05 Å². The molecule has 2 aromatic carbocycles. The first kappa shape index (κ1) is 20.2. The van der Waals surface area contributed by atoms with Crippen molar-refractivity contribution < 1.29 is 18.8 Å².